The highest BCUT2D eigenvalue weighted by Crippen LogP contribution is 2.33. The molecule has 1 atom stereocenters. The number of nitrogens with one attached hydrogen (secondary N) is 1. The third kappa shape index (κ3) is 3.99. The van der Waals surface area contributed by atoms with Gasteiger partial charge < -0.3 is 19.5 Å². The maximum atomic E-state index is 12.6. The van der Waals surface area contributed by atoms with Crippen LogP contribution in [0.2, 0.25) is 5.02 Å². The molecule has 25 heavy (non-hydrogen) atoms. The van der Waals surface area contributed by atoms with Gasteiger partial charge in [-0.05, 0) is 49.7 Å². The Balaban J connectivity index is 1.75. The van der Waals surface area contributed by atoms with Gasteiger partial charge in [-0.3, -0.25) is 4.79 Å². The van der Waals surface area contributed by atoms with Crippen molar-refractivity contribution in [3.63, 3.8) is 0 Å². The predicted octanol–water partition coefficient (Wildman–Crippen LogP) is 4.08. The molecule has 1 aliphatic rings. The molecule has 0 radical (unpaired) electrons. The highest BCUT2D eigenvalue weighted by molar-refractivity contribution is 6.30. The summed E-state index contributed by atoms with van der Waals surface area (Å²) in [4.78, 5) is 12.6. The van der Waals surface area contributed by atoms with Crippen molar-refractivity contribution in [3.8, 4) is 17.2 Å². The molecule has 0 spiro atoms. The second kappa shape index (κ2) is 7.66. The van der Waals surface area contributed by atoms with Gasteiger partial charge in [0.15, 0.2) is 6.10 Å². The Morgan fingerprint density at radius 3 is 2.76 bits per heavy atom. The molecule has 2 aromatic carbocycles. The number of amides is 1. The Hall–Kier alpha value is -2.40. The molecule has 5 nitrogen and oxygen atoms in total. The molecule has 2 aromatic rings. The first-order chi connectivity index (χ1) is 12.1. The summed E-state index contributed by atoms with van der Waals surface area (Å²) in [6, 6.07) is 10.7. The average molecular weight is 362 g/mol. The minimum Gasteiger partial charge on any atom is -0.494 e. The van der Waals surface area contributed by atoms with Crippen molar-refractivity contribution in [2.45, 2.75) is 26.4 Å². The van der Waals surface area contributed by atoms with Crippen LogP contribution in [0.3, 0.4) is 0 Å². The van der Waals surface area contributed by atoms with Crippen molar-refractivity contribution in [2.75, 3.05) is 18.5 Å². The molecule has 0 saturated heterocycles. The Labute approximate surface area is 151 Å². The molecule has 3 rings (SSSR count). The fraction of sp³-hybridized carbons (Fsp3) is 0.316. The van der Waals surface area contributed by atoms with E-state index in [4.69, 9.17) is 25.8 Å². The van der Waals surface area contributed by atoms with Crippen LogP contribution in [0.5, 0.6) is 17.2 Å². The minimum absolute atomic E-state index is 0.234. The van der Waals surface area contributed by atoms with Crippen molar-refractivity contribution in [1.29, 1.82) is 0 Å². The lowest BCUT2D eigenvalue weighted by Gasteiger charge is -2.16. The van der Waals surface area contributed by atoms with Crippen LogP contribution in [-0.2, 0) is 11.2 Å². The van der Waals surface area contributed by atoms with E-state index >= 15 is 0 Å². The summed E-state index contributed by atoms with van der Waals surface area (Å²) in [5, 5.41) is 3.51. The van der Waals surface area contributed by atoms with Crippen molar-refractivity contribution in [1.82, 2.24) is 0 Å². The first kappa shape index (κ1) is 17.4. The lowest BCUT2D eigenvalue weighted by Crippen LogP contribution is -2.31. The van der Waals surface area contributed by atoms with E-state index in [2.05, 4.69) is 5.32 Å². The number of fused-ring (bicyclic) bond motifs is 1. The molecule has 0 aliphatic carbocycles. The molecular weight excluding hydrogens is 342 g/mol. The Morgan fingerprint density at radius 1 is 1.20 bits per heavy atom. The minimum atomic E-state index is -0.598. The monoisotopic (exact) mass is 361 g/mol. The van der Waals surface area contributed by atoms with Crippen molar-refractivity contribution in [3.05, 3.63) is 47.0 Å². The van der Waals surface area contributed by atoms with Crippen LogP contribution >= 0.6 is 11.6 Å². The standard InChI is InChI=1S/C19H20ClNO4/c1-3-23-14-6-8-17(24-4-2)15(11-14)21-19(22)18-10-12-9-13(20)5-7-16(12)25-18/h5-9,11,18H,3-4,10H2,1-2H3,(H,21,22)/t18-/m0/s1. The molecule has 0 saturated carbocycles. The topological polar surface area (TPSA) is 56.8 Å². The molecule has 0 fully saturated rings. The van der Waals surface area contributed by atoms with E-state index in [1.54, 1.807) is 24.3 Å². The molecule has 132 valence electrons. The van der Waals surface area contributed by atoms with E-state index < -0.39 is 6.10 Å². The number of hydrogen-bond acceptors (Lipinski definition) is 4. The van der Waals surface area contributed by atoms with E-state index in [1.807, 2.05) is 26.0 Å². The van der Waals surface area contributed by atoms with E-state index in [1.165, 1.54) is 0 Å². The number of ether oxygens (including phenoxy) is 3. The van der Waals surface area contributed by atoms with E-state index in [-0.39, 0.29) is 5.91 Å². The van der Waals surface area contributed by atoms with Gasteiger partial charge in [0, 0.05) is 17.5 Å². The van der Waals surface area contributed by atoms with Crippen LogP contribution in [0, 0.1) is 0 Å². The normalized spacial score (nSPS) is 15.2. The van der Waals surface area contributed by atoms with Gasteiger partial charge >= 0.3 is 0 Å². The highest BCUT2D eigenvalue weighted by Gasteiger charge is 2.29. The second-order valence-electron chi connectivity index (χ2n) is 5.58. The van der Waals surface area contributed by atoms with E-state index in [0.29, 0.717) is 47.6 Å². The lowest BCUT2D eigenvalue weighted by molar-refractivity contribution is -0.122. The molecule has 0 unspecified atom stereocenters. The van der Waals surface area contributed by atoms with Gasteiger partial charge in [0.25, 0.3) is 5.91 Å². The van der Waals surface area contributed by atoms with E-state index in [9.17, 15) is 4.79 Å². The predicted molar refractivity (Wildman–Crippen MR) is 97.0 cm³/mol. The Kier molecular flexibility index (Phi) is 5.34. The number of carbonyl (C=O) groups is 1. The zero-order valence-electron chi connectivity index (χ0n) is 14.2. The van der Waals surface area contributed by atoms with Gasteiger partial charge in [0.1, 0.15) is 17.2 Å². The van der Waals surface area contributed by atoms with Crippen LogP contribution in [0.4, 0.5) is 5.69 Å². The van der Waals surface area contributed by atoms with E-state index in [0.717, 1.165) is 5.56 Å². The second-order valence-corrected chi connectivity index (χ2v) is 6.01. The first-order valence-corrected chi connectivity index (χ1v) is 8.64. The zero-order chi connectivity index (χ0) is 17.8. The van der Waals surface area contributed by atoms with Crippen molar-refractivity contribution < 1.29 is 19.0 Å². The third-order valence-electron chi connectivity index (χ3n) is 3.81. The molecule has 1 N–H and O–H groups in total. The fourth-order valence-electron chi connectivity index (χ4n) is 2.72. The maximum Gasteiger partial charge on any atom is 0.265 e. The highest BCUT2D eigenvalue weighted by atomic mass is 35.5. The molecule has 1 heterocycles. The van der Waals surface area contributed by atoms with Crippen molar-refractivity contribution >= 4 is 23.2 Å². The molecule has 0 bridgehead atoms. The summed E-state index contributed by atoms with van der Waals surface area (Å²) in [5.41, 5.74) is 1.50. The number of anilines is 1. The van der Waals surface area contributed by atoms with Crippen LogP contribution in [0.1, 0.15) is 19.4 Å². The summed E-state index contributed by atoms with van der Waals surface area (Å²) >= 11 is 6.00. The molecule has 0 aromatic heterocycles. The summed E-state index contributed by atoms with van der Waals surface area (Å²) in [6.45, 7) is 4.84. The molecular formula is C19H20ClNO4. The van der Waals surface area contributed by atoms with Gasteiger partial charge in [-0.1, -0.05) is 11.6 Å². The van der Waals surface area contributed by atoms with Gasteiger partial charge in [-0.15, -0.1) is 0 Å². The van der Waals surface area contributed by atoms with Crippen LogP contribution in [0.15, 0.2) is 36.4 Å². The maximum absolute atomic E-state index is 12.6. The molecule has 6 heteroatoms. The Bertz CT molecular complexity index is 778. The summed E-state index contributed by atoms with van der Waals surface area (Å²) < 4.78 is 16.8. The van der Waals surface area contributed by atoms with Gasteiger partial charge in [0.2, 0.25) is 0 Å². The number of rotatable bonds is 6. The zero-order valence-corrected chi connectivity index (χ0v) is 14.9. The average Bonchev–Trinajstić information content (AvgIpc) is 3.01. The van der Waals surface area contributed by atoms with Crippen molar-refractivity contribution in [2.24, 2.45) is 0 Å². The number of halogens is 1. The lowest BCUT2D eigenvalue weighted by atomic mass is 10.1. The van der Waals surface area contributed by atoms with Crippen LogP contribution in [0.25, 0.3) is 0 Å². The SMILES string of the molecule is CCOc1ccc(OCC)c(NC(=O)[C@@H]2Cc3cc(Cl)ccc3O2)c1. The summed E-state index contributed by atoms with van der Waals surface area (Å²) in [7, 11) is 0. The first-order valence-electron chi connectivity index (χ1n) is 8.26. The van der Waals surface area contributed by atoms with Gasteiger partial charge in [0.05, 0.1) is 18.9 Å². The van der Waals surface area contributed by atoms with Crippen LogP contribution < -0.4 is 19.5 Å². The smallest absolute Gasteiger partial charge is 0.265 e. The molecule has 1 aliphatic heterocycles. The van der Waals surface area contributed by atoms with Gasteiger partial charge in [-0.25, -0.2) is 0 Å². The number of carbonyl (C=O) groups excluding carboxylic acids is 1. The van der Waals surface area contributed by atoms with Gasteiger partial charge in [-0.2, -0.15) is 0 Å². The largest absolute Gasteiger partial charge is 0.494 e. The third-order valence-corrected chi connectivity index (χ3v) is 4.04. The molecule has 1 amide bonds. The van der Waals surface area contributed by atoms with Crippen LogP contribution in [-0.4, -0.2) is 25.2 Å². The Morgan fingerprint density at radius 2 is 2.00 bits per heavy atom. The number of hydrogen-bond donors (Lipinski definition) is 1. The quantitative estimate of drug-likeness (QED) is 0.842. The summed E-state index contributed by atoms with van der Waals surface area (Å²) in [5.74, 6) is 1.72. The summed E-state index contributed by atoms with van der Waals surface area (Å²) in [6.07, 6.45) is -0.115. The number of benzene rings is 2. The fourth-order valence-corrected chi connectivity index (χ4v) is 2.92.